The summed E-state index contributed by atoms with van der Waals surface area (Å²) in [5.74, 6) is 0.288. The average molecular weight is 495 g/mol. The lowest BCUT2D eigenvalue weighted by Crippen LogP contribution is -2.52. The molecule has 4 rings (SSSR count). The summed E-state index contributed by atoms with van der Waals surface area (Å²) in [4.78, 5) is 49.9. The van der Waals surface area contributed by atoms with Gasteiger partial charge in [-0.1, -0.05) is 39.8 Å². The largest absolute Gasteiger partial charge is 0.346 e. The van der Waals surface area contributed by atoms with E-state index in [-0.39, 0.29) is 53.7 Å². The van der Waals surface area contributed by atoms with Crippen molar-refractivity contribution in [3.8, 4) is 0 Å². The number of rotatable bonds is 9. The van der Waals surface area contributed by atoms with Gasteiger partial charge in [-0.15, -0.1) is 0 Å². The van der Waals surface area contributed by atoms with Crippen LogP contribution in [0.25, 0.3) is 11.0 Å². The van der Waals surface area contributed by atoms with Gasteiger partial charge in [-0.3, -0.25) is 14.4 Å². The maximum absolute atomic E-state index is 13.5. The van der Waals surface area contributed by atoms with Gasteiger partial charge >= 0.3 is 0 Å². The third-order valence-electron chi connectivity index (χ3n) is 8.18. The Morgan fingerprint density at radius 2 is 1.94 bits per heavy atom. The van der Waals surface area contributed by atoms with E-state index in [0.717, 1.165) is 67.5 Å². The molecule has 2 aliphatic rings. The van der Waals surface area contributed by atoms with Crippen molar-refractivity contribution < 1.29 is 14.4 Å². The van der Waals surface area contributed by atoms with Crippen molar-refractivity contribution in [2.75, 3.05) is 6.54 Å². The topological polar surface area (TPSA) is 95.2 Å². The predicted molar refractivity (Wildman–Crippen MR) is 142 cm³/mol. The standard InChI is InChI=1S/C29H42N4O3/c1-6-21-11-7-8-13-33(21)25(35)15-23(31-28(36)20-16-29(4,5)17-20)24(34)14-19(3)27-30-22-12-9-10-18(2)26(22)32-27/h9-10,12,19-21,23H,6-8,11,13-17H2,1-5H3,(H,30,32)(H,31,36)/t19-,21+,23+/m1/s1. The van der Waals surface area contributed by atoms with Crippen molar-refractivity contribution in [2.45, 2.75) is 104 Å². The normalized spacial score (nSPS) is 21.6. The Kier molecular flexibility index (Phi) is 7.86. The van der Waals surface area contributed by atoms with Crippen molar-refractivity contribution in [3.05, 3.63) is 29.6 Å². The molecule has 2 aromatic rings. The molecule has 3 atom stereocenters. The van der Waals surface area contributed by atoms with Gasteiger partial charge in [0, 0.05) is 30.8 Å². The fraction of sp³-hybridized carbons (Fsp3) is 0.655. The number of imidazole rings is 1. The SMILES string of the molecule is CC[C@H]1CCCCN1C(=O)C[C@H](NC(=O)C1CC(C)(C)C1)C(=O)C[C@@H](C)c1nc2c(C)cccc2[nH]1. The molecule has 1 aromatic carbocycles. The number of para-hydroxylation sites is 1. The second-order valence-corrected chi connectivity index (χ2v) is 11.8. The van der Waals surface area contributed by atoms with Crippen LogP contribution in [0.15, 0.2) is 18.2 Å². The molecular formula is C29H42N4O3. The van der Waals surface area contributed by atoms with Crippen LogP contribution >= 0.6 is 0 Å². The maximum Gasteiger partial charge on any atom is 0.225 e. The number of likely N-dealkylation sites (tertiary alicyclic amines) is 1. The summed E-state index contributed by atoms with van der Waals surface area (Å²) >= 11 is 0. The van der Waals surface area contributed by atoms with E-state index in [4.69, 9.17) is 4.98 Å². The number of hydrogen-bond donors (Lipinski definition) is 2. The minimum atomic E-state index is -0.804. The van der Waals surface area contributed by atoms with Crippen LogP contribution < -0.4 is 5.32 Å². The molecule has 1 saturated carbocycles. The van der Waals surface area contributed by atoms with Crippen molar-refractivity contribution in [3.63, 3.8) is 0 Å². The smallest absolute Gasteiger partial charge is 0.225 e. The van der Waals surface area contributed by atoms with Crippen molar-refractivity contribution >= 4 is 28.6 Å². The molecule has 7 heteroatoms. The molecule has 36 heavy (non-hydrogen) atoms. The minimum Gasteiger partial charge on any atom is -0.346 e. The second-order valence-electron chi connectivity index (χ2n) is 11.8. The molecule has 7 nitrogen and oxygen atoms in total. The molecule has 2 N–H and O–H groups in total. The third kappa shape index (κ3) is 5.81. The Bertz CT molecular complexity index is 1110. The highest BCUT2D eigenvalue weighted by atomic mass is 16.2. The van der Waals surface area contributed by atoms with E-state index in [1.807, 2.05) is 36.9 Å². The molecule has 0 unspecified atom stereocenters. The third-order valence-corrected chi connectivity index (χ3v) is 8.18. The molecule has 196 valence electrons. The van der Waals surface area contributed by atoms with E-state index >= 15 is 0 Å². The molecule has 1 aromatic heterocycles. The van der Waals surface area contributed by atoms with Crippen molar-refractivity contribution in [1.82, 2.24) is 20.2 Å². The van der Waals surface area contributed by atoms with E-state index < -0.39 is 6.04 Å². The Labute approximate surface area is 214 Å². The highest BCUT2D eigenvalue weighted by Crippen LogP contribution is 2.44. The Morgan fingerprint density at radius 3 is 2.61 bits per heavy atom. The highest BCUT2D eigenvalue weighted by Gasteiger charge is 2.41. The number of nitrogens with zero attached hydrogens (tertiary/aromatic N) is 2. The Morgan fingerprint density at radius 1 is 1.19 bits per heavy atom. The molecule has 2 amide bonds. The first-order valence-electron chi connectivity index (χ1n) is 13.7. The number of carbonyl (C=O) groups is 3. The lowest BCUT2D eigenvalue weighted by molar-refractivity contribution is -0.140. The lowest BCUT2D eigenvalue weighted by atomic mass is 9.64. The first-order valence-corrected chi connectivity index (χ1v) is 13.7. The predicted octanol–water partition coefficient (Wildman–Crippen LogP) is 5.04. The second kappa shape index (κ2) is 10.7. The summed E-state index contributed by atoms with van der Waals surface area (Å²) in [7, 11) is 0. The minimum absolute atomic E-state index is 0.0267. The van der Waals surface area contributed by atoms with Crippen LogP contribution in [0.3, 0.4) is 0 Å². The zero-order valence-electron chi connectivity index (χ0n) is 22.5. The molecule has 1 saturated heterocycles. The highest BCUT2D eigenvalue weighted by molar-refractivity contribution is 5.94. The van der Waals surface area contributed by atoms with Crippen LogP contribution in [0.1, 0.15) is 96.4 Å². The fourth-order valence-electron chi connectivity index (χ4n) is 6.01. The molecular weight excluding hydrogens is 452 g/mol. The van der Waals surface area contributed by atoms with Gasteiger partial charge in [0.05, 0.1) is 23.5 Å². The van der Waals surface area contributed by atoms with Gasteiger partial charge in [0.2, 0.25) is 11.8 Å². The summed E-state index contributed by atoms with van der Waals surface area (Å²) in [6, 6.07) is 5.41. The molecule has 0 bridgehead atoms. The molecule has 2 heterocycles. The number of H-pyrrole nitrogens is 1. The van der Waals surface area contributed by atoms with Crippen LogP contribution in [-0.2, 0) is 14.4 Å². The Balaban J connectivity index is 1.48. The molecule has 0 spiro atoms. The van der Waals surface area contributed by atoms with E-state index in [0.29, 0.717) is 0 Å². The van der Waals surface area contributed by atoms with Gasteiger partial charge in [0.25, 0.3) is 0 Å². The van der Waals surface area contributed by atoms with E-state index in [1.165, 1.54) is 0 Å². The summed E-state index contributed by atoms with van der Waals surface area (Å²) in [5, 5.41) is 2.99. The van der Waals surface area contributed by atoms with Crippen LogP contribution in [0, 0.1) is 18.3 Å². The van der Waals surface area contributed by atoms with E-state index in [2.05, 4.69) is 31.1 Å². The first kappa shape index (κ1) is 26.4. The number of aromatic nitrogens is 2. The van der Waals surface area contributed by atoms with Crippen LogP contribution in [0.5, 0.6) is 0 Å². The van der Waals surface area contributed by atoms with Crippen LogP contribution in [-0.4, -0.2) is 51.1 Å². The summed E-state index contributed by atoms with van der Waals surface area (Å²) in [6.07, 6.45) is 5.91. The number of aryl methyl sites for hydroxylation is 1. The Hall–Kier alpha value is -2.70. The van der Waals surface area contributed by atoms with Gasteiger partial charge in [0.1, 0.15) is 5.82 Å². The number of fused-ring (bicyclic) bond motifs is 1. The number of ketones is 1. The summed E-state index contributed by atoms with van der Waals surface area (Å²) in [6.45, 7) is 11.1. The van der Waals surface area contributed by atoms with Gasteiger partial charge in [-0.2, -0.15) is 0 Å². The summed E-state index contributed by atoms with van der Waals surface area (Å²) in [5.41, 5.74) is 3.11. The number of hydrogen-bond acceptors (Lipinski definition) is 4. The molecule has 0 radical (unpaired) electrons. The van der Waals surface area contributed by atoms with Gasteiger partial charge < -0.3 is 15.2 Å². The number of Topliss-reactive ketones (excluding diaryl/α,β-unsaturated/α-hetero) is 1. The van der Waals surface area contributed by atoms with Crippen LogP contribution in [0.4, 0.5) is 0 Å². The molecule has 2 fully saturated rings. The number of benzene rings is 1. The number of carbonyl (C=O) groups excluding carboxylic acids is 3. The number of piperidine rings is 1. The monoisotopic (exact) mass is 494 g/mol. The van der Waals surface area contributed by atoms with E-state index in [1.54, 1.807) is 0 Å². The molecule has 1 aliphatic carbocycles. The quantitative estimate of drug-likeness (QED) is 0.511. The van der Waals surface area contributed by atoms with Gasteiger partial charge in [0.15, 0.2) is 5.78 Å². The molecule has 1 aliphatic heterocycles. The number of amides is 2. The zero-order chi connectivity index (χ0) is 26.0. The van der Waals surface area contributed by atoms with E-state index in [9.17, 15) is 14.4 Å². The average Bonchev–Trinajstić information content (AvgIpc) is 3.28. The zero-order valence-corrected chi connectivity index (χ0v) is 22.5. The lowest BCUT2D eigenvalue weighted by Gasteiger charge is -2.42. The number of nitrogens with one attached hydrogen (secondary N) is 2. The maximum atomic E-state index is 13.5. The fourth-order valence-corrected chi connectivity index (χ4v) is 6.01. The summed E-state index contributed by atoms with van der Waals surface area (Å²) < 4.78 is 0. The number of aromatic amines is 1. The van der Waals surface area contributed by atoms with Gasteiger partial charge in [-0.05, 0) is 62.5 Å². The van der Waals surface area contributed by atoms with Crippen LogP contribution in [0.2, 0.25) is 0 Å². The first-order chi connectivity index (χ1) is 17.1. The van der Waals surface area contributed by atoms with Crippen molar-refractivity contribution in [1.29, 1.82) is 0 Å². The van der Waals surface area contributed by atoms with Crippen molar-refractivity contribution in [2.24, 2.45) is 11.3 Å². The van der Waals surface area contributed by atoms with Gasteiger partial charge in [-0.25, -0.2) is 4.98 Å².